The molecule has 1 saturated heterocycles. The highest BCUT2D eigenvalue weighted by atomic mass is 16.7. The maximum Gasteiger partial charge on any atom is 0.160 e. The van der Waals surface area contributed by atoms with Crippen molar-refractivity contribution in [2.45, 2.75) is 32.5 Å². The van der Waals surface area contributed by atoms with E-state index in [1.807, 2.05) is 24.3 Å². The molecular weight excluding hydrogens is 244 g/mol. The van der Waals surface area contributed by atoms with Crippen LogP contribution < -0.4 is 9.47 Å². The summed E-state index contributed by atoms with van der Waals surface area (Å²) in [6, 6.07) is 7.71. The van der Waals surface area contributed by atoms with Gasteiger partial charge >= 0.3 is 0 Å². The van der Waals surface area contributed by atoms with Gasteiger partial charge in [-0.15, -0.1) is 0 Å². The third-order valence-electron chi connectivity index (χ3n) is 2.82. The molecule has 1 aliphatic heterocycles. The standard InChI is InChI=1S/C15H22O4/c1-2-9-16-13-4-6-14(7-5-13)17-12-8-15-18-10-3-11-19-15/h4-7,15H,2-3,8-12H2,1H3. The Labute approximate surface area is 114 Å². The van der Waals surface area contributed by atoms with E-state index in [4.69, 9.17) is 18.9 Å². The molecule has 1 aromatic rings. The third-order valence-corrected chi connectivity index (χ3v) is 2.82. The molecule has 0 saturated carbocycles. The molecule has 4 heteroatoms. The smallest absolute Gasteiger partial charge is 0.160 e. The van der Waals surface area contributed by atoms with Crippen molar-refractivity contribution in [3.05, 3.63) is 24.3 Å². The van der Waals surface area contributed by atoms with Crippen LogP contribution in [0.2, 0.25) is 0 Å². The second kappa shape index (κ2) is 8.02. The molecule has 0 atom stereocenters. The number of hydrogen-bond acceptors (Lipinski definition) is 4. The van der Waals surface area contributed by atoms with Crippen molar-refractivity contribution >= 4 is 0 Å². The Morgan fingerprint density at radius 1 is 1.00 bits per heavy atom. The van der Waals surface area contributed by atoms with Crippen LogP contribution in [0.4, 0.5) is 0 Å². The van der Waals surface area contributed by atoms with Gasteiger partial charge in [-0.3, -0.25) is 0 Å². The molecule has 4 nitrogen and oxygen atoms in total. The first-order valence-corrected chi connectivity index (χ1v) is 6.97. The van der Waals surface area contributed by atoms with Gasteiger partial charge in [0.25, 0.3) is 0 Å². The Hall–Kier alpha value is -1.26. The highest BCUT2D eigenvalue weighted by Gasteiger charge is 2.13. The zero-order valence-corrected chi connectivity index (χ0v) is 11.5. The van der Waals surface area contributed by atoms with Crippen LogP contribution in [-0.2, 0) is 9.47 Å². The van der Waals surface area contributed by atoms with Gasteiger partial charge in [0.2, 0.25) is 0 Å². The average molecular weight is 266 g/mol. The van der Waals surface area contributed by atoms with Crippen LogP contribution >= 0.6 is 0 Å². The largest absolute Gasteiger partial charge is 0.494 e. The fraction of sp³-hybridized carbons (Fsp3) is 0.600. The summed E-state index contributed by atoms with van der Waals surface area (Å²) < 4.78 is 22.1. The highest BCUT2D eigenvalue weighted by molar-refractivity contribution is 5.31. The molecule has 0 radical (unpaired) electrons. The molecule has 1 aromatic carbocycles. The van der Waals surface area contributed by atoms with Gasteiger partial charge in [0, 0.05) is 6.42 Å². The molecule has 0 N–H and O–H groups in total. The summed E-state index contributed by atoms with van der Waals surface area (Å²) in [5.74, 6) is 1.73. The number of benzene rings is 1. The molecule has 0 spiro atoms. The lowest BCUT2D eigenvalue weighted by Gasteiger charge is -2.23. The number of ether oxygens (including phenoxy) is 4. The Morgan fingerprint density at radius 2 is 1.58 bits per heavy atom. The van der Waals surface area contributed by atoms with Gasteiger partial charge in [-0.1, -0.05) is 6.92 Å². The van der Waals surface area contributed by atoms with Gasteiger partial charge < -0.3 is 18.9 Å². The number of rotatable bonds is 7. The highest BCUT2D eigenvalue weighted by Crippen LogP contribution is 2.18. The van der Waals surface area contributed by atoms with E-state index in [2.05, 4.69) is 6.92 Å². The van der Waals surface area contributed by atoms with Gasteiger partial charge in [-0.25, -0.2) is 0 Å². The summed E-state index contributed by atoms with van der Waals surface area (Å²) in [7, 11) is 0. The summed E-state index contributed by atoms with van der Waals surface area (Å²) in [6.07, 6.45) is 2.64. The van der Waals surface area contributed by atoms with Gasteiger partial charge in [-0.05, 0) is 37.1 Å². The first-order valence-electron chi connectivity index (χ1n) is 6.97. The summed E-state index contributed by atoms with van der Waals surface area (Å²) in [5, 5.41) is 0. The summed E-state index contributed by atoms with van der Waals surface area (Å²) in [6.45, 7) is 5.01. The Kier molecular flexibility index (Phi) is 5.98. The van der Waals surface area contributed by atoms with E-state index < -0.39 is 0 Å². The van der Waals surface area contributed by atoms with E-state index in [1.165, 1.54) is 0 Å². The molecule has 0 unspecified atom stereocenters. The van der Waals surface area contributed by atoms with Gasteiger partial charge in [0.1, 0.15) is 11.5 Å². The molecule has 0 bridgehead atoms. The van der Waals surface area contributed by atoms with E-state index in [0.717, 1.165) is 50.6 Å². The van der Waals surface area contributed by atoms with Crippen molar-refractivity contribution in [1.29, 1.82) is 0 Å². The van der Waals surface area contributed by atoms with Crippen LogP contribution in [0.25, 0.3) is 0 Å². The lowest BCUT2D eigenvalue weighted by atomic mass is 10.3. The lowest BCUT2D eigenvalue weighted by Crippen LogP contribution is -2.26. The van der Waals surface area contributed by atoms with Crippen LogP contribution in [0.3, 0.4) is 0 Å². The predicted octanol–water partition coefficient (Wildman–Crippen LogP) is 3.01. The maximum absolute atomic E-state index is 5.65. The SMILES string of the molecule is CCCOc1ccc(OCCC2OCCCO2)cc1. The molecule has 0 aromatic heterocycles. The molecule has 106 valence electrons. The van der Waals surface area contributed by atoms with Crippen LogP contribution in [0.15, 0.2) is 24.3 Å². The van der Waals surface area contributed by atoms with Gasteiger partial charge in [-0.2, -0.15) is 0 Å². The van der Waals surface area contributed by atoms with Crippen LogP contribution in [-0.4, -0.2) is 32.7 Å². The summed E-state index contributed by atoms with van der Waals surface area (Å²) >= 11 is 0. The summed E-state index contributed by atoms with van der Waals surface area (Å²) in [4.78, 5) is 0. The minimum atomic E-state index is -0.110. The molecule has 2 rings (SSSR count). The van der Waals surface area contributed by atoms with Crippen molar-refractivity contribution in [3.63, 3.8) is 0 Å². The molecular formula is C15H22O4. The second-order valence-corrected chi connectivity index (χ2v) is 4.48. The van der Waals surface area contributed by atoms with Crippen LogP contribution in [0, 0.1) is 0 Å². The van der Waals surface area contributed by atoms with E-state index in [1.54, 1.807) is 0 Å². The molecule has 1 fully saturated rings. The summed E-state index contributed by atoms with van der Waals surface area (Å²) in [5.41, 5.74) is 0. The van der Waals surface area contributed by atoms with Crippen molar-refractivity contribution in [2.24, 2.45) is 0 Å². The molecule has 0 amide bonds. The average Bonchev–Trinajstić information content (AvgIpc) is 2.47. The van der Waals surface area contributed by atoms with Crippen LogP contribution in [0.1, 0.15) is 26.2 Å². The van der Waals surface area contributed by atoms with E-state index in [-0.39, 0.29) is 6.29 Å². The molecule has 1 aliphatic rings. The topological polar surface area (TPSA) is 36.9 Å². The minimum absolute atomic E-state index is 0.110. The first-order chi connectivity index (χ1) is 9.38. The fourth-order valence-corrected chi connectivity index (χ4v) is 1.83. The quantitative estimate of drug-likeness (QED) is 0.760. The monoisotopic (exact) mass is 266 g/mol. The minimum Gasteiger partial charge on any atom is -0.494 e. The maximum atomic E-state index is 5.65. The number of hydrogen-bond donors (Lipinski definition) is 0. The molecule has 0 aliphatic carbocycles. The van der Waals surface area contributed by atoms with Crippen molar-refractivity contribution < 1.29 is 18.9 Å². The lowest BCUT2D eigenvalue weighted by molar-refractivity contribution is -0.183. The third kappa shape index (κ3) is 5.09. The van der Waals surface area contributed by atoms with E-state index in [0.29, 0.717) is 6.61 Å². The van der Waals surface area contributed by atoms with Crippen molar-refractivity contribution in [2.75, 3.05) is 26.4 Å². The Bertz CT molecular complexity index is 344. The molecule has 1 heterocycles. The van der Waals surface area contributed by atoms with Gasteiger partial charge in [0.15, 0.2) is 6.29 Å². The van der Waals surface area contributed by atoms with Crippen molar-refractivity contribution in [3.8, 4) is 11.5 Å². The molecule has 19 heavy (non-hydrogen) atoms. The normalized spacial score (nSPS) is 16.3. The van der Waals surface area contributed by atoms with Crippen LogP contribution in [0.5, 0.6) is 11.5 Å². The van der Waals surface area contributed by atoms with Gasteiger partial charge in [0.05, 0.1) is 26.4 Å². The first kappa shape index (κ1) is 14.2. The Balaban J connectivity index is 1.67. The van der Waals surface area contributed by atoms with Crippen molar-refractivity contribution in [1.82, 2.24) is 0 Å². The fourth-order valence-electron chi connectivity index (χ4n) is 1.83. The Morgan fingerprint density at radius 3 is 2.16 bits per heavy atom. The van der Waals surface area contributed by atoms with E-state index in [9.17, 15) is 0 Å². The zero-order valence-electron chi connectivity index (χ0n) is 11.5. The zero-order chi connectivity index (χ0) is 13.3. The second-order valence-electron chi connectivity index (χ2n) is 4.48. The van der Waals surface area contributed by atoms with E-state index >= 15 is 0 Å². The predicted molar refractivity (Wildman–Crippen MR) is 72.6 cm³/mol.